The minimum Gasteiger partial charge on any atom is -0.490 e. The maximum absolute atomic E-state index is 14.9. The summed E-state index contributed by atoms with van der Waals surface area (Å²) in [4.78, 5) is 1.99. The van der Waals surface area contributed by atoms with Gasteiger partial charge in [-0.25, -0.2) is 4.39 Å². The van der Waals surface area contributed by atoms with Crippen LogP contribution in [0.2, 0.25) is 0 Å². The third-order valence-electron chi connectivity index (χ3n) is 4.34. The highest BCUT2D eigenvalue weighted by molar-refractivity contribution is 6.03. The van der Waals surface area contributed by atoms with E-state index in [9.17, 15) is 4.39 Å². The van der Waals surface area contributed by atoms with Gasteiger partial charge in [-0.3, -0.25) is 5.41 Å². The summed E-state index contributed by atoms with van der Waals surface area (Å²) in [6.45, 7) is 7.22. The normalized spacial score (nSPS) is 18.1. The van der Waals surface area contributed by atoms with Gasteiger partial charge in [-0.2, -0.15) is 0 Å². The smallest absolute Gasteiger partial charge is 0.197 e. The van der Waals surface area contributed by atoms with Gasteiger partial charge in [0.05, 0.1) is 24.3 Å². The Morgan fingerprint density at radius 1 is 1.24 bits per heavy atom. The van der Waals surface area contributed by atoms with E-state index in [4.69, 9.17) is 14.9 Å². The fourth-order valence-electron chi connectivity index (χ4n) is 3.36. The first kappa shape index (κ1) is 14.2. The summed E-state index contributed by atoms with van der Waals surface area (Å²) in [5, 5.41) is 8.32. The number of hydrogen-bond donors (Lipinski definition) is 1. The topological polar surface area (TPSA) is 45.6 Å². The van der Waals surface area contributed by atoms with Crippen LogP contribution in [0.15, 0.2) is 6.07 Å². The number of nitrogens with one attached hydrogen (secondary N) is 1. The van der Waals surface area contributed by atoms with Crippen LogP contribution in [-0.4, -0.2) is 30.5 Å². The second-order valence-corrected chi connectivity index (χ2v) is 5.43. The average molecular weight is 292 g/mol. The summed E-state index contributed by atoms with van der Waals surface area (Å²) < 4.78 is 25.9. The lowest BCUT2D eigenvalue weighted by molar-refractivity contribution is 0.274. The molecule has 1 fully saturated rings. The van der Waals surface area contributed by atoms with E-state index in [1.807, 2.05) is 31.7 Å². The van der Waals surface area contributed by atoms with Gasteiger partial charge in [-0.15, -0.1) is 0 Å². The second kappa shape index (κ2) is 4.90. The quantitative estimate of drug-likeness (QED) is 0.906. The molecule has 1 heterocycles. The lowest BCUT2D eigenvalue weighted by Gasteiger charge is -2.24. The number of amidine groups is 1. The van der Waals surface area contributed by atoms with Crippen LogP contribution in [0, 0.1) is 11.2 Å². The molecule has 2 aliphatic rings. The Kier molecular flexibility index (Phi) is 3.30. The summed E-state index contributed by atoms with van der Waals surface area (Å²) in [6, 6.07) is 1.88. The molecule has 1 spiro atoms. The Labute approximate surface area is 124 Å². The average Bonchev–Trinajstić information content (AvgIpc) is 3.20. The molecule has 1 saturated carbocycles. The standard InChI is InChI=1S/C16H21FN2O2/c1-4-19-15(18)12-10(16(19)7-8-16)9-11(20-5-2)14(13(12)17)21-6-3/h9,18H,4-8H2,1-3H3. The van der Waals surface area contributed by atoms with Crippen molar-refractivity contribution in [2.24, 2.45) is 0 Å². The van der Waals surface area contributed by atoms with Crippen LogP contribution < -0.4 is 9.47 Å². The van der Waals surface area contributed by atoms with Crippen molar-refractivity contribution in [1.82, 2.24) is 4.90 Å². The highest BCUT2D eigenvalue weighted by Crippen LogP contribution is 2.58. The number of halogens is 1. The number of benzene rings is 1. The minimum atomic E-state index is -0.454. The van der Waals surface area contributed by atoms with E-state index >= 15 is 0 Å². The molecule has 0 atom stereocenters. The van der Waals surface area contributed by atoms with Crippen LogP contribution in [0.5, 0.6) is 11.5 Å². The van der Waals surface area contributed by atoms with Crippen molar-refractivity contribution in [2.75, 3.05) is 19.8 Å². The van der Waals surface area contributed by atoms with Gasteiger partial charge in [0.25, 0.3) is 0 Å². The number of nitrogens with zero attached hydrogens (tertiary/aromatic N) is 1. The Morgan fingerprint density at radius 2 is 1.90 bits per heavy atom. The van der Waals surface area contributed by atoms with Crippen molar-refractivity contribution in [2.45, 2.75) is 39.2 Å². The van der Waals surface area contributed by atoms with Crippen LogP contribution in [0.25, 0.3) is 0 Å². The molecule has 0 bridgehead atoms. The van der Waals surface area contributed by atoms with Gasteiger partial charge in [0.2, 0.25) is 0 Å². The Morgan fingerprint density at radius 3 is 2.43 bits per heavy atom. The van der Waals surface area contributed by atoms with Crippen molar-refractivity contribution in [1.29, 1.82) is 5.41 Å². The van der Waals surface area contributed by atoms with Gasteiger partial charge >= 0.3 is 0 Å². The molecule has 1 aliphatic heterocycles. The second-order valence-electron chi connectivity index (χ2n) is 5.43. The molecule has 1 aliphatic carbocycles. The predicted molar refractivity (Wildman–Crippen MR) is 78.9 cm³/mol. The zero-order chi connectivity index (χ0) is 15.2. The van der Waals surface area contributed by atoms with Gasteiger partial charge in [0.15, 0.2) is 17.3 Å². The van der Waals surface area contributed by atoms with E-state index < -0.39 is 5.82 Å². The van der Waals surface area contributed by atoms with E-state index in [1.54, 1.807) is 0 Å². The molecule has 3 rings (SSSR count). The summed E-state index contributed by atoms with van der Waals surface area (Å²) in [5.74, 6) is 0.403. The van der Waals surface area contributed by atoms with Crippen molar-refractivity contribution in [3.05, 3.63) is 23.0 Å². The van der Waals surface area contributed by atoms with Gasteiger partial charge in [-0.05, 0) is 45.2 Å². The van der Waals surface area contributed by atoms with E-state index in [0.29, 0.717) is 31.1 Å². The molecule has 0 radical (unpaired) electrons. The summed E-state index contributed by atoms with van der Waals surface area (Å²) in [5.41, 5.74) is 1.10. The Balaban J connectivity index is 2.19. The fraction of sp³-hybridized carbons (Fsp3) is 0.562. The van der Waals surface area contributed by atoms with Gasteiger partial charge < -0.3 is 14.4 Å². The Hall–Kier alpha value is -1.78. The molecule has 114 valence electrons. The van der Waals surface area contributed by atoms with Crippen LogP contribution in [0.4, 0.5) is 4.39 Å². The van der Waals surface area contributed by atoms with Gasteiger partial charge in [0.1, 0.15) is 5.84 Å². The molecule has 1 aromatic carbocycles. The van der Waals surface area contributed by atoms with Crippen LogP contribution in [0.1, 0.15) is 44.7 Å². The fourth-order valence-corrected chi connectivity index (χ4v) is 3.36. The lowest BCUT2D eigenvalue weighted by atomic mass is 10.0. The first-order chi connectivity index (χ1) is 10.1. The van der Waals surface area contributed by atoms with Crippen LogP contribution >= 0.6 is 0 Å². The van der Waals surface area contributed by atoms with E-state index in [-0.39, 0.29) is 17.1 Å². The van der Waals surface area contributed by atoms with Crippen molar-refractivity contribution in [3.63, 3.8) is 0 Å². The molecule has 1 N–H and O–H groups in total. The number of ether oxygens (including phenoxy) is 2. The summed E-state index contributed by atoms with van der Waals surface area (Å²) in [6.07, 6.45) is 1.93. The van der Waals surface area contributed by atoms with E-state index in [2.05, 4.69) is 0 Å². The van der Waals surface area contributed by atoms with E-state index in [0.717, 1.165) is 18.4 Å². The number of rotatable bonds is 5. The molecule has 0 amide bonds. The maximum atomic E-state index is 14.9. The van der Waals surface area contributed by atoms with Crippen LogP contribution in [-0.2, 0) is 5.54 Å². The molecule has 0 saturated heterocycles. The summed E-state index contributed by atoms with van der Waals surface area (Å²) >= 11 is 0. The third-order valence-corrected chi connectivity index (χ3v) is 4.34. The number of hydrogen-bond acceptors (Lipinski definition) is 3. The molecular weight excluding hydrogens is 271 g/mol. The zero-order valence-corrected chi connectivity index (χ0v) is 12.8. The number of fused-ring (bicyclic) bond motifs is 2. The zero-order valence-electron chi connectivity index (χ0n) is 12.8. The van der Waals surface area contributed by atoms with Crippen molar-refractivity contribution >= 4 is 5.84 Å². The van der Waals surface area contributed by atoms with Gasteiger partial charge in [-0.1, -0.05) is 0 Å². The lowest BCUT2D eigenvalue weighted by Crippen LogP contribution is -2.33. The van der Waals surface area contributed by atoms with Crippen molar-refractivity contribution in [3.8, 4) is 11.5 Å². The molecule has 0 aromatic heterocycles. The largest absolute Gasteiger partial charge is 0.490 e. The monoisotopic (exact) mass is 292 g/mol. The minimum absolute atomic E-state index is 0.136. The van der Waals surface area contributed by atoms with Crippen LogP contribution in [0.3, 0.4) is 0 Å². The van der Waals surface area contributed by atoms with Gasteiger partial charge in [0, 0.05) is 6.54 Å². The van der Waals surface area contributed by atoms with E-state index in [1.165, 1.54) is 0 Å². The highest BCUT2D eigenvalue weighted by atomic mass is 19.1. The molecule has 5 heteroatoms. The summed E-state index contributed by atoms with van der Waals surface area (Å²) in [7, 11) is 0. The molecule has 1 aromatic rings. The highest BCUT2D eigenvalue weighted by Gasteiger charge is 2.57. The maximum Gasteiger partial charge on any atom is 0.197 e. The molecule has 4 nitrogen and oxygen atoms in total. The first-order valence-electron chi connectivity index (χ1n) is 7.59. The first-order valence-corrected chi connectivity index (χ1v) is 7.59. The molecule has 0 unspecified atom stereocenters. The Bertz CT molecular complexity index is 596. The molecular formula is C16H21FN2O2. The SMILES string of the molecule is CCOc1cc2c(c(F)c1OCC)C(=N)N(CC)C21CC1. The predicted octanol–water partition coefficient (Wildman–Crippen LogP) is 3.27. The van der Waals surface area contributed by atoms with Crippen molar-refractivity contribution < 1.29 is 13.9 Å². The third kappa shape index (κ3) is 1.83. The molecule has 21 heavy (non-hydrogen) atoms.